The van der Waals surface area contributed by atoms with Gasteiger partial charge in [-0.3, -0.25) is 10.4 Å². The number of hydrogen-bond acceptors (Lipinski definition) is 3. The molecule has 0 atom stereocenters. The minimum atomic E-state index is 0.704. The summed E-state index contributed by atoms with van der Waals surface area (Å²) in [4.78, 5) is 4.23. The van der Waals surface area contributed by atoms with Crippen molar-refractivity contribution in [3.05, 3.63) is 30.3 Å². The second-order valence-corrected chi connectivity index (χ2v) is 2.76. The number of aliphatic imine (C=N–C) groups is 1. The molecule has 1 heterocycles. The first-order valence-corrected chi connectivity index (χ1v) is 3.96. The molecule has 0 fully saturated rings. The van der Waals surface area contributed by atoms with E-state index in [1.807, 2.05) is 30.1 Å². The Balaban J connectivity index is 2.14. The van der Waals surface area contributed by atoms with Gasteiger partial charge in [0.2, 0.25) is 0 Å². The first-order valence-electron chi connectivity index (χ1n) is 3.96. The molecule has 0 aliphatic carbocycles. The molecule has 1 aliphatic rings. The highest BCUT2D eigenvalue weighted by atomic mass is 15.6. The molecule has 3 nitrogen and oxygen atoms in total. The molecule has 3 heteroatoms. The number of rotatable bonds is 1. The number of hydrogen-bond donors (Lipinski definition) is 1. The third-order valence-corrected chi connectivity index (χ3v) is 1.81. The van der Waals surface area contributed by atoms with Crippen LogP contribution >= 0.6 is 0 Å². The number of hydrazine groups is 1. The van der Waals surface area contributed by atoms with Crippen LogP contribution in [0.1, 0.15) is 6.92 Å². The first kappa shape index (κ1) is 7.16. The van der Waals surface area contributed by atoms with Crippen LogP contribution in [0.5, 0.6) is 0 Å². The van der Waals surface area contributed by atoms with Gasteiger partial charge in [-0.25, -0.2) is 4.99 Å². The number of nitrogens with zero attached hydrogens (tertiary/aromatic N) is 2. The van der Waals surface area contributed by atoms with Crippen molar-refractivity contribution in [1.82, 2.24) is 5.43 Å². The van der Waals surface area contributed by atoms with Crippen LogP contribution in [0.2, 0.25) is 0 Å². The van der Waals surface area contributed by atoms with Crippen LogP contribution in [0.15, 0.2) is 35.3 Å². The Morgan fingerprint density at radius 1 is 1.33 bits per heavy atom. The summed E-state index contributed by atoms with van der Waals surface area (Å²) in [6.07, 6.45) is 0. The molecule has 0 saturated carbocycles. The van der Waals surface area contributed by atoms with Crippen LogP contribution in [0, 0.1) is 0 Å². The highest BCUT2D eigenvalue weighted by molar-refractivity contribution is 5.83. The summed E-state index contributed by atoms with van der Waals surface area (Å²) in [7, 11) is 0. The van der Waals surface area contributed by atoms with Gasteiger partial charge in [-0.05, 0) is 19.1 Å². The lowest BCUT2D eigenvalue weighted by atomic mass is 10.3. The van der Waals surface area contributed by atoms with E-state index in [0.717, 1.165) is 11.5 Å². The third-order valence-electron chi connectivity index (χ3n) is 1.81. The second kappa shape index (κ2) is 2.85. The Morgan fingerprint density at radius 2 is 2.08 bits per heavy atom. The Labute approximate surface area is 71.7 Å². The van der Waals surface area contributed by atoms with E-state index in [9.17, 15) is 0 Å². The Bertz CT molecular complexity index is 292. The van der Waals surface area contributed by atoms with E-state index < -0.39 is 0 Å². The van der Waals surface area contributed by atoms with E-state index in [1.54, 1.807) is 0 Å². The largest absolute Gasteiger partial charge is 0.284 e. The standard InChI is InChI=1S/C9H11N3/c1-8-10-7-12(11-8)9-5-3-2-4-6-9/h2-6H,7H2,1H3,(H,10,11). The maximum Gasteiger partial charge on any atom is 0.131 e. The molecule has 1 N–H and O–H groups in total. The van der Waals surface area contributed by atoms with Crippen LogP contribution in [0.3, 0.4) is 0 Å². The lowest BCUT2D eigenvalue weighted by molar-refractivity contribution is 0.840. The lowest BCUT2D eigenvalue weighted by Gasteiger charge is -2.17. The summed E-state index contributed by atoms with van der Waals surface area (Å²) in [5.41, 5.74) is 4.30. The highest BCUT2D eigenvalue weighted by Crippen LogP contribution is 2.12. The lowest BCUT2D eigenvalue weighted by Crippen LogP contribution is -2.34. The molecule has 0 spiro atoms. The van der Waals surface area contributed by atoms with Crippen LogP contribution in [-0.4, -0.2) is 12.5 Å². The fourth-order valence-electron chi connectivity index (χ4n) is 1.20. The van der Waals surface area contributed by atoms with Crippen LogP contribution < -0.4 is 10.4 Å². The fraction of sp³-hybridized carbons (Fsp3) is 0.222. The van der Waals surface area contributed by atoms with Crippen molar-refractivity contribution in [3.63, 3.8) is 0 Å². The van der Waals surface area contributed by atoms with Crippen molar-refractivity contribution < 1.29 is 0 Å². The number of benzene rings is 1. The predicted molar refractivity (Wildman–Crippen MR) is 50.0 cm³/mol. The SMILES string of the molecule is CC1=NCN(c2ccccc2)N1. The van der Waals surface area contributed by atoms with E-state index in [-0.39, 0.29) is 0 Å². The zero-order valence-corrected chi connectivity index (χ0v) is 6.99. The number of nitrogens with one attached hydrogen (secondary N) is 1. The molecular weight excluding hydrogens is 150 g/mol. The first-order chi connectivity index (χ1) is 5.86. The second-order valence-electron chi connectivity index (χ2n) is 2.76. The van der Waals surface area contributed by atoms with Crippen LogP contribution in [0.25, 0.3) is 0 Å². The van der Waals surface area contributed by atoms with Crippen molar-refractivity contribution in [2.24, 2.45) is 4.99 Å². The Morgan fingerprint density at radius 3 is 2.67 bits per heavy atom. The van der Waals surface area contributed by atoms with Crippen molar-refractivity contribution in [2.45, 2.75) is 6.92 Å². The van der Waals surface area contributed by atoms with E-state index in [4.69, 9.17) is 0 Å². The topological polar surface area (TPSA) is 27.6 Å². The monoisotopic (exact) mass is 161 g/mol. The molecule has 1 aromatic carbocycles. The van der Waals surface area contributed by atoms with Gasteiger partial charge in [-0.2, -0.15) is 0 Å². The molecule has 0 saturated heterocycles. The van der Waals surface area contributed by atoms with Gasteiger partial charge in [0.15, 0.2) is 0 Å². The van der Waals surface area contributed by atoms with Crippen molar-refractivity contribution in [1.29, 1.82) is 0 Å². The molecule has 12 heavy (non-hydrogen) atoms. The molecule has 0 unspecified atom stereocenters. The van der Waals surface area contributed by atoms with Gasteiger partial charge >= 0.3 is 0 Å². The predicted octanol–water partition coefficient (Wildman–Crippen LogP) is 1.39. The molecular formula is C9H11N3. The van der Waals surface area contributed by atoms with Gasteiger partial charge in [-0.15, -0.1) is 0 Å². The Hall–Kier alpha value is -1.51. The van der Waals surface area contributed by atoms with Crippen molar-refractivity contribution in [2.75, 3.05) is 11.7 Å². The van der Waals surface area contributed by atoms with Gasteiger partial charge in [0, 0.05) is 0 Å². The van der Waals surface area contributed by atoms with Gasteiger partial charge in [0.05, 0.1) is 5.69 Å². The highest BCUT2D eigenvalue weighted by Gasteiger charge is 2.10. The molecule has 62 valence electrons. The zero-order valence-electron chi connectivity index (χ0n) is 6.99. The van der Waals surface area contributed by atoms with Crippen LogP contribution in [-0.2, 0) is 0 Å². The third kappa shape index (κ3) is 1.25. The van der Waals surface area contributed by atoms with Crippen molar-refractivity contribution in [3.8, 4) is 0 Å². The van der Waals surface area contributed by atoms with Gasteiger partial charge in [-0.1, -0.05) is 18.2 Å². The van der Waals surface area contributed by atoms with E-state index in [0.29, 0.717) is 6.67 Å². The van der Waals surface area contributed by atoms with Crippen LogP contribution in [0.4, 0.5) is 5.69 Å². The normalized spacial score (nSPS) is 15.8. The molecule has 1 aliphatic heterocycles. The van der Waals surface area contributed by atoms with Gasteiger partial charge in [0.1, 0.15) is 12.5 Å². The van der Waals surface area contributed by atoms with Crippen molar-refractivity contribution >= 4 is 11.5 Å². The minimum absolute atomic E-state index is 0.704. The fourth-order valence-corrected chi connectivity index (χ4v) is 1.20. The molecule has 0 bridgehead atoms. The summed E-state index contributed by atoms with van der Waals surface area (Å²) < 4.78 is 0. The zero-order chi connectivity index (χ0) is 8.39. The van der Waals surface area contributed by atoms with Gasteiger partial charge in [0.25, 0.3) is 0 Å². The number of anilines is 1. The van der Waals surface area contributed by atoms with E-state index in [1.165, 1.54) is 0 Å². The molecule has 0 aromatic heterocycles. The molecule has 2 rings (SSSR count). The summed E-state index contributed by atoms with van der Waals surface area (Å²) in [6, 6.07) is 10.2. The molecule has 1 aromatic rings. The number of para-hydroxylation sites is 1. The van der Waals surface area contributed by atoms with Gasteiger partial charge < -0.3 is 0 Å². The number of amidine groups is 1. The van der Waals surface area contributed by atoms with E-state index in [2.05, 4.69) is 22.6 Å². The minimum Gasteiger partial charge on any atom is -0.284 e. The molecule has 0 amide bonds. The summed E-state index contributed by atoms with van der Waals surface area (Å²) >= 11 is 0. The smallest absolute Gasteiger partial charge is 0.131 e. The summed E-state index contributed by atoms with van der Waals surface area (Å²) in [5.74, 6) is 0.971. The summed E-state index contributed by atoms with van der Waals surface area (Å²) in [6.45, 7) is 2.67. The van der Waals surface area contributed by atoms with E-state index >= 15 is 0 Å². The maximum absolute atomic E-state index is 4.23. The Kier molecular flexibility index (Phi) is 1.70. The summed E-state index contributed by atoms with van der Waals surface area (Å²) in [5, 5.41) is 2.01. The maximum atomic E-state index is 4.23. The average Bonchev–Trinajstić information content (AvgIpc) is 2.54. The quantitative estimate of drug-likeness (QED) is 0.674. The molecule has 0 radical (unpaired) electrons. The average molecular weight is 161 g/mol.